The predicted octanol–water partition coefficient (Wildman–Crippen LogP) is 4.54. The Morgan fingerprint density at radius 2 is 1.94 bits per heavy atom. The first-order valence-corrected chi connectivity index (χ1v) is 5.88. The number of hydrogen-bond acceptors (Lipinski definition) is 1. The molecule has 0 saturated carbocycles. The van der Waals surface area contributed by atoms with Gasteiger partial charge in [-0.2, -0.15) is 0 Å². The molecule has 4 heteroatoms. The van der Waals surface area contributed by atoms with Gasteiger partial charge in [0.25, 0.3) is 0 Å². The molecule has 0 spiro atoms. The highest BCUT2D eigenvalue weighted by molar-refractivity contribution is 6.31. The lowest BCUT2D eigenvalue weighted by Crippen LogP contribution is -2.04. The van der Waals surface area contributed by atoms with Gasteiger partial charge in [-0.25, -0.2) is 8.78 Å². The lowest BCUT2D eigenvalue weighted by Gasteiger charge is -2.09. The molecule has 0 fully saturated rings. The maximum Gasteiger partial charge on any atom is 0.164 e. The minimum atomic E-state index is -0.521. The van der Waals surface area contributed by atoms with Crippen LogP contribution >= 0.6 is 11.6 Å². The fourth-order valence-corrected chi connectivity index (χ4v) is 1.84. The Morgan fingerprint density at radius 1 is 1.17 bits per heavy atom. The van der Waals surface area contributed by atoms with Gasteiger partial charge < -0.3 is 5.32 Å². The van der Waals surface area contributed by atoms with Gasteiger partial charge in [0.1, 0.15) is 5.82 Å². The van der Waals surface area contributed by atoms with Gasteiger partial charge in [0.15, 0.2) is 5.82 Å². The molecule has 94 valence electrons. The van der Waals surface area contributed by atoms with Crippen LogP contribution in [0.2, 0.25) is 5.02 Å². The Morgan fingerprint density at radius 3 is 2.72 bits per heavy atom. The molecule has 0 aliphatic carbocycles. The van der Waals surface area contributed by atoms with Gasteiger partial charge in [-0.1, -0.05) is 35.4 Å². The van der Waals surface area contributed by atoms with Crippen molar-refractivity contribution in [2.75, 3.05) is 5.32 Å². The molecule has 0 aliphatic rings. The highest BCUT2D eigenvalue weighted by Crippen LogP contribution is 2.22. The Kier molecular flexibility index (Phi) is 3.82. The van der Waals surface area contributed by atoms with E-state index in [1.165, 1.54) is 12.1 Å². The van der Waals surface area contributed by atoms with E-state index in [-0.39, 0.29) is 23.1 Å². The van der Waals surface area contributed by atoms with Crippen molar-refractivity contribution in [1.82, 2.24) is 0 Å². The molecule has 0 bridgehead atoms. The van der Waals surface area contributed by atoms with E-state index in [4.69, 9.17) is 11.6 Å². The molecule has 2 aromatic rings. The second-order valence-corrected chi connectivity index (χ2v) is 4.46. The molecule has 1 N–H and O–H groups in total. The summed E-state index contributed by atoms with van der Waals surface area (Å²) in [4.78, 5) is 0. The molecule has 18 heavy (non-hydrogen) atoms. The van der Waals surface area contributed by atoms with Crippen LogP contribution in [0.4, 0.5) is 14.5 Å². The van der Waals surface area contributed by atoms with Crippen LogP contribution in [0.25, 0.3) is 0 Å². The Labute approximate surface area is 109 Å². The van der Waals surface area contributed by atoms with Crippen LogP contribution in [0, 0.1) is 18.6 Å². The number of benzene rings is 2. The third-order valence-electron chi connectivity index (χ3n) is 2.62. The number of hydrogen-bond donors (Lipinski definition) is 1. The van der Waals surface area contributed by atoms with Crippen molar-refractivity contribution in [3.05, 3.63) is 64.2 Å². The molecule has 0 unspecified atom stereocenters. The van der Waals surface area contributed by atoms with Crippen molar-refractivity contribution in [1.29, 1.82) is 0 Å². The van der Waals surface area contributed by atoms with Gasteiger partial charge >= 0.3 is 0 Å². The zero-order valence-electron chi connectivity index (χ0n) is 9.81. The number of anilines is 1. The fraction of sp³-hybridized carbons (Fsp3) is 0.143. The zero-order valence-corrected chi connectivity index (χ0v) is 10.6. The fourth-order valence-electron chi connectivity index (χ4n) is 1.67. The summed E-state index contributed by atoms with van der Waals surface area (Å²) in [6.45, 7) is 2.09. The molecule has 0 amide bonds. The molecule has 0 radical (unpaired) electrons. The van der Waals surface area contributed by atoms with Crippen molar-refractivity contribution >= 4 is 17.3 Å². The number of nitrogens with one attached hydrogen (secondary N) is 1. The summed E-state index contributed by atoms with van der Waals surface area (Å²) in [5.41, 5.74) is 1.72. The van der Waals surface area contributed by atoms with Crippen molar-refractivity contribution < 1.29 is 8.78 Å². The number of halogens is 3. The molecule has 2 aromatic carbocycles. The molecule has 0 atom stereocenters. The van der Waals surface area contributed by atoms with Crippen molar-refractivity contribution in [3.63, 3.8) is 0 Å². The summed E-state index contributed by atoms with van der Waals surface area (Å²) >= 11 is 5.66. The van der Waals surface area contributed by atoms with Gasteiger partial charge in [-0.3, -0.25) is 0 Å². The first-order valence-electron chi connectivity index (χ1n) is 5.51. The van der Waals surface area contributed by atoms with Gasteiger partial charge in [0.05, 0.1) is 10.7 Å². The van der Waals surface area contributed by atoms with Crippen molar-refractivity contribution in [2.24, 2.45) is 0 Å². The van der Waals surface area contributed by atoms with Crippen molar-refractivity contribution in [2.45, 2.75) is 13.5 Å². The van der Waals surface area contributed by atoms with Gasteiger partial charge in [0, 0.05) is 12.1 Å². The standard InChI is InChI=1S/C14H12ClF2N/c1-9-5-6-12(16)10(7-9)8-18-13-4-2-3-11(15)14(13)17/h2-7,18H,8H2,1H3. The number of rotatable bonds is 3. The van der Waals surface area contributed by atoms with E-state index >= 15 is 0 Å². The Balaban J connectivity index is 2.16. The average molecular weight is 268 g/mol. The molecule has 0 saturated heterocycles. The maximum absolute atomic E-state index is 13.6. The average Bonchev–Trinajstić information content (AvgIpc) is 2.35. The largest absolute Gasteiger partial charge is 0.378 e. The van der Waals surface area contributed by atoms with E-state index in [0.29, 0.717) is 5.56 Å². The summed E-state index contributed by atoms with van der Waals surface area (Å²) < 4.78 is 27.1. The normalized spacial score (nSPS) is 10.4. The molecule has 2 rings (SSSR count). The first kappa shape index (κ1) is 12.8. The van der Waals surface area contributed by atoms with E-state index in [0.717, 1.165) is 5.56 Å². The smallest absolute Gasteiger partial charge is 0.164 e. The summed E-state index contributed by atoms with van der Waals surface area (Å²) in [6, 6.07) is 9.49. The van der Waals surface area contributed by atoms with Gasteiger partial charge in [-0.05, 0) is 25.1 Å². The molecular formula is C14H12ClF2N. The van der Waals surface area contributed by atoms with Crippen LogP contribution in [-0.4, -0.2) is 0 Å². The van der Waals surface area contributed by atoms with E-state index in [9.17, 15) is 8.78 Å². The monoisotopic (exact) mass is 267 g/mol. The summed E-state index contributed by atoms with van der Waals surface area (Å²) in [5, 5.41) is 2.88. The third kappa shape index (κ3) is 2.79. The van der Waals surface area contributed by atoms with Crippen LogP contribution < -0.4 is 5.32 Å². The minimum absolute atomic E-state index is 0.0460. The van der Waals surface area contributed by atoms with Crippen LogP contribution in [0.3, 0.4) is 0 Å². The highest BCUT2D eigenvalue weighted by atomic mass is 35.5. The topological polar surface area (TPSA) is 12.0 Å². The third-order valence-corrected chi connectivity index (χ3v) is 2.91. The van der Waals surface area contributed by atoms with Crippen LogP contribution in [-0.2, 0) is 6.54 Å². The molecular weight excluding hydrogens is 256 g/mol. The van der Waals surface area contributed by atoms with E-state index in [1.54, 1.807) is 24.3 Å². The molecule has 0 aromatic heterocycles. The second-order valence-electron chi connectivity index (χ2n) is 4.05. The van der Waals surface area contributed by atoms with Crippen LogP contribution in [0.15, 0.2) is 36.4 Å². The SMILES string of the molecule is Cc1ccc(F)c(CNc2cccc(Cl)c2F)c1. The van der Waals surface area contributed by atoms with E-state index in [2.05, 4.69) is 5.32 Å². The minimum Gasteiger partial charge on any atom is -0.378 e. The zero-order chi connectivity index (χ0) is 13.1. The van der Waals surface area contributed by atoms with E-state index in [1.807, 2.05) is 6.92 Å². The van der Waals surface area contributed by atoms with Gasteiger partial charge in [0.2, 0.25) is 0 Å². The summed E-state index contributed by atoms with van der Waals surface area (Å²) in [6.07, 6.45) is 0. The van der Waals surface area contributed by atoms with E-state index < -0.39 is 5.82 Å². The predicted molar refractivity (Wildman–Crippen MR) is 69.9 cm³/mol. The van der Waals surface area contributed by atoms with Crippen molar-refractivity contribution in [3.8, 4) is 0 Å². The molecule has 1 nitrogen and oxygen atoms in total. The second kappa shape index (κ2) is 5.36. The lowest BCUT2D eigenvalue weighted by atomic mass is 10.1. The van der Waals surface area contributed by atoms with Crippen LogP contribution in [0.1, 0.15) is 11.1 Å². The van der Waals surface area contributed by atoms with Gasteiger partial charge in [-0.15, -0.1) is 0 Å². The first-order chi connectivity index (χ1) is 8.58. The number of aryl methyl sites for hydroxylation is 1. The maximum atomic E-state index is 13.6. The van der Waals surface area contributed by atoms with Crippen LogP contribution in [0.5, 0.6) is 0 Å². The Hall–Kier alpha value is -1.61. The lowest BCUT2D eigenvalue weighted by molar-refractivity contribution is 0.610. The molecule has 0 aliphatic heterocycles. The summed E-state index contributed by atoms with van der Waals surface area (Å²) in [5.74, 6) is -0.831. The Bertz CT molecular complexity index is 568. The highest BCUT2D eigenvalue weighted by Gasteiger charge is 2.07. The quantitative estimate of drug-likeness (QED) is 0.861. The molecule has 0 heterocycles. The summed E-state index contributed by atoms with van der Waals surface area (Å²) in [7, 11) is 0.